The van der Waals surface area contributed by atoms with Gasteiger partial charge in [-0.1, -0.05) is 6.58 Å². The summed E-state index contributed by atoms with van der Waals surface area (Å²) < 4.78 is 0. The molecular weight excluding hydrogens is 270 g/mol. The number of rotatable bonds is 4. The van der Waals surface area contributed by atoms with Crippen LogP contribution in [-0.2, 0) is 0 Å². The highest BCUT2D eigenvalue weighted by Crippen LogP contribution is 2.42. The Labute approximate surface area is 131 Å². The smallest absolute Gasteiger partial charge is 0.0634 e. The number of aryl methyl sites for hydroxylation is 2. The largest absolute Gasteiger partial charge is 0.264 e. The molecule has 0 bridgehead atoms. The lowest BCUT2D eigenvalue weighted by molar-refractivity contribution is 1.07. The van der Waals surface area contributed by atoms with Crippen molar-refractivity contribution < 1.29 is 0 Å². The van der Waals surface area contributed by atoms with Gasteiger partial charge in [-0.25, -0.2) is 0 Å². The van der Waals surface area contributed by atoms with Crippen LogP contribution in [0, 0.1) is 13.8 Å². The van der Waals surface area contributed by atoms with Crippen LogP contribution in [0.4, 0.5) is 0 Å². The minimum absolute atomic E-state index is 0.656. The molecule has 2 aromatic rings. The van der Waals surface area contributed by atoms with Crippen molar-refractivity contribution in [2.24, 2.45) is 4.99 Å². The first-order chi connectivity index (χ1) is 10.6. The average molecular weight is 291 g/mol. The van der Waals surface area contributed by atoms with Crippen molar-refractivity contribution in [2.45, 2.75) is 39.5 Å². The van der Waals surface area contributed by atoms with Gasteiger partial charge in [-0.05, 0) is 62.8 Å². The highest BCUT2D eigenvalue weighted by Gasteiger charge is 2.27. The summed E-state index contributed by atoms with van der Waals surface area (Å²) >= 11 is 0. The first-order valence-electron chi connectivity index (χ1n) is 7.68. The van der Waals surface area contributed by atoms with Crippen molar-refractivity contribution in [3.8, 4) is 0 Å². The van der Waals surface area contributed by atoms with Crippen molar-refractivity contribution in [1.29, 1.82) is 0 Å². The normalized spacial score (nSPS) is 15.0. The van der Waals surface area contributed by atoms with Crippen molar-refractivity contribution in [1.82, 2.24) is 9.97 Å². The van der Waals surface area contributed by atoms with Gasteiger partial charge in [-0.2, -0.15) is 0 Å². The van der Waals surface area contributed by atoms with Crippen molar-refractivity contribution >= 4 is 11.4 Å². The topological polar surface area (TPSA) is 38.1 Å². The average Bonchev–Trinajstić information content (AvgIpc) is 3.31. The summed E-state index contributed by atoms with van der Waals surface area (Å²) in [6.45, 7) is 10.3. The predicted molar refractivity (Wildman–Crippen MR) is 91.2 cm³/mol. The Bertz CT molecular complexity index is 755. The van der Waals surface area contributed by atoms with E-state index >= 15 is 0 Å². The maximum Gasteiger partial charge on any atom is 0.0634 e. The lowest BCUT2D eigenvalue weighted by Gasteiger charge is -2.12. The van der Waals surface area contributed by atoms with E-state index in [1.165, 1.54) is 29.5 Å². The number of hydrogen-bond donors (Lipinski definition) is 0. The third-order valence-electron chi connectivity index (χ3n) is 4.08. The number of nitrogens with zero attached hydrogens (tertiary/aromatic N) is 3. The lowest BCUT2D eigenvalue weighted by atomic mass is 9.98. The summed E-state index contributed by atoms with van der Waals surface area (Å²) in [5.41, 5.74) is 7.55. The quantitative estimate of drug-likeness (QED) is 0.780. The van der Waals surface area contributed by atoms with Gasteiger partial charge in [0.15, 0.2) is 0 Å². The summed E-state index contributed by atoms with van der Waals surface area (Å²) in [5, 5.41) is 0. The van der Waals surface area contributed by atoms with Gasteiger partial charge in [0.2, 0.25) is 0 Å². The van der Waals surface area contributed by atoms with Crippen molar-refractivity contribution in [3.05, 3.63) is 65.2 Å². The molecule has 0 N–H and O–H groups in total. The molecule has 112 valence electrons. The summed E-state index contributed by atoms with van der Waals surface area (Å²) in [6.07, 6.45) is 8.23. The Hall–Kier alpha value is -2.29. The van der Waals surface area contributed by atoms with Crippen molar-refractivity contribution in [3.63, 3.8) is 0 Å². The zero-order valence-corrected chi connectivity index (χ0v) is 13.4. The van der Waals surface area contributed by atoms with E-state index in [0.717, 1.165) is 22.7 Å². The first-order valence-corrected chi connectivity index (χ1v) is 7.68. The Kier molecular flexibility index (Phi) is 3.88. The summed E-state index contributed by atoms with van der Waals surface area (Å²) in [7, 11) is 0. The van der Waals surface area contributed by atoms with Gasteiger partial charge in [0.25, 0.3) is 0 Å². The number of pyridine rings is 2. The van der Waals surface area contributed by atoms with Crippen molar-refractivity contribution in [2.75, 3.05) is 0 Å². The summed E-state index contributed by atoms with van der Waals surface area (Å²) in [4.78, 5) is 13.3. The van der Waals surface area contributed by atoms with Gasteiger partial charge in [0, 0.05) is 41.1 Å². The Morgan fingerprint density at radius 2 is 2.05 bits per heavy atom. The number of hydrogen-bond acceptors (Lipinski definition) is 3. The van der Waals surface area contributed by atoms with Crippen LogP contribution in [0.3, 0.4) is 0 Å². The fraction of sp³-hybridized carbons (Fsp3) is 0.316. The van der Waals surface area contributed by atoms with Crippen LogP contribution < -0.4 is 0 Å². The molecule has 0 aliphatic heterocycles. The highest BCUT2D eigenvalue weighted by molar-refractivity contribution is 6.04. The second-order valence-electron chi connectivity index (χ2n) is 6.02. The minimum atomic E-state index is 0.656. The molecule has 0 spiro atoms. The van der Waals surface area contributed by atoms with E-state index in [0.29, 0.717) is 5.92 Å². The van der Waals surface area contributed by atoms with Crippen LogP contribution in [0.2, 0.25) is 0 Å². The molecule has 3 rings (SSSR count). The maximum atomic E-state index is 4.76. The molecule has 2 heterocycles. The first kappa shape index (κ1) is 14.6. The van der Waals surface area contributed by atoms with Crippen LogP contribution in [-0.4, -0.2) is 15.7 Å². The summed E-state index contributed by atoms with van der Waals surface area (Å²) in [6, 6.07) is 3.97. The van der Waals surface area contributed by atoms with E-state index < -0.39 is 0 Å². The van der Waals surface area contributed by atoms with E-state index in [1.807, 2.05) is 31.5 Å². The van der Waals surface area contributed by atoms with Gasteiger partial charge in [-0.3, -0.25) is 15.0 Å². The fourth-order valence-corrected chi connectivity index (χ4v) is 2.83. The van der Waals surface area contributed by atoms with Crippen LogP contribution in [0.25, 0.3) is 5.70 Å². The molecule has 2 aromatic heterocycles. The second kappa shape index (κ2) is 5.84. The van der Waals surface area contributed by atoms with Gasteiger partial charge >= 0.3 is 0 Å². The van der Waals surface area contributed by atoms with Gasteiger partial charge in [0.1, 0.15) is 0 Å². The Morgan fingerprint density at radius 1 is 1.27 bits per heavy atom. The molecule has 0 aromatic carbocycles. The monoisotopic (exact) mass is 291 g/mol. The molecule has 0 atom stereocenters. The zero-order valence-electron chi connectivity index (χ0n) is 13.4. The molecule has 0 radical (unpaired) electrons. The van der Waals surface area contributed by atoms with E-state index in [4.69, 9.17) is 4.99 Å². The van der Waals surface area contributed by atoms with Gasteiger partial charge < -0.3 is 0 Å². The SMILES string of the molecule is C=C(N=C(C)c1c(C)cncc1C1CC1)c1ccnc(C)c1. The van der Waals surface area contributed by atoms with Crippen LogP contribution >= 0.6 is 0 Å². The lowest BCUT2D eigenvalue weighted by Crippen LogP contribution is -2.05. The van der Waals surface area contributed by atoms with Crippen LogP contribution in [0.5, 0.6) is 0 Å². The molecular formula is C19H21N3. The molecule has 1 fully saturated rings. The molecule has 0 unspecified atom stereocenters. The van der Waals surface area contributed by atoms with Gasteiger partial charge in [0.05, 0.1) is 5.70 Å². The molecule has 22 heavy (non-hydrogen) atoms. The van der Waals surface area contributed by atoms with E-state index in [-0.39, 0.29) is 0 Å². The molecule has 3 nitrogen and oxygen atoms in total. The number of aromatic nitrogens is 2. The zero-order chi connectivity index (χ0) is 15.7. The van der Waals surface area contributed by atoms with Crippen LogP contribution in [0.1, 0.15) is 53.6 Å². The maximum absolute atomic E-state index is 4.76. The molecule has 1 saturated carbocycles. The number of aliphatic imine (C=N–C) groups is 1. The molecule has 0 saturated heterocycles. The molecule has 0 amide bonds. The Balaban J connectivity index is 1.97. The fourth-order valence-electron chi connectivity index (χ4n) is 2.83. The Morgan fingerprint density at radius 3 is 2.73 bits per heavy atom. The minimum Gasteiger partial charge on any atom is -0.264 e. The standard InChI is InChI=1S/C19H21N3/c1-12-10-20-11-18(16-5-6-16)19(12)15(4)22-14(3)17-7-8-21-13(2)9-17/h7-11,16H,3,5-6H2,1-2,4H3. The molecule has 1 aliphatic carbocycles. The van der Waals surface area contributed by atoms with Crippen LogP contribution in [0.15, 0.2) is 42.3 Å². The molecule has 1 aliphatic rings. The second-order valence-corrected chi connectivity index (χ2v) is 6.02. The van der Waals surface area contributed by atoms with E-state index in [9.17, 15) is 0 Å². The predicted octanol–water partition coefficient (Wildman–Crippen LogP) is 4.45. The van der Waals surface area contributed by atoms with E-state index in [1.54, 1.807) is 6.20 Å². The highest BCUT2D eigenvalue weighted by atomic mass is 14.8. The third kappa shape index (κ3) is 2.98. The summed E-state index contributed by atoms with van der Waals surface area (Å²) in [5.74, 6) is 0.656. The molecule has 3 heteroatoms. The third-order valence-corrected chi connectivity index (χ3v) is 4.08. The van der Waals surface area contributed by atoms with E-state index in [2.05, 4.69) is 30.4 Å². The van der Waals surface area contributed by atoms with Gasteiger partial charge in [-0.15, -0.1) is 0 Å².